The fourth-order valence-corrected chi connectivity index (χ4v) is 5.52. The van der Waals surface area contributed by atoms with Crippen LogP contribution < -0.4 is 9.64 Å². The van der Waals surface area contributed by atoms with Gasteiger partial charge >= 0.3 is 6.01 Å². The molecule has 0 radical (unpaired) electrons. The Balaban J connectivity index is 1.14. The topological polar surface area (TPSA) is 69.0 Å². The van der Waals surface area contributed by atoms with Crippen LogP contribution >= 0.6 is 23.2 Å². The van der Waals surface area contributed by atoms with Crippen LogP contribution in [0.1, 0.15) is 36.6 Å². The highest BCUT2D eigenvalue weighted by Crippen LogP contribution is 2.64. The van der Waals surface area contributed by atoms with E-state index in [1.165, 1.54) is 12.1 Å². The lowest BCUT2D eigenvalue weighted by molar-refractivity contribution is 0.273. The molecule has 4 aromatic rings. The Kier molecular flexibility index (Phi) is 5.72. The second-order valence-corrected chi connectivity index (χ2v) is 10.3. The number of nitrogens with zero attached hydrogens (tertiary/aromatic N) is 6. The monoisotopic (exact) mass is 530 g/mol. The predicted octanol–water partition coefficient (Wildman–Crippen LogP) is 5.70. The largest absolute Gasteiger partial charge is 0.458 e. The number of aromatic nitrogens is 5. The highest BCUT2D eigenvalue weighted by atomic mass is 35.5. The normalized spacial score (nSPS) is 18.7. The number of piperidine rings is 1. The summed E-state index contributed by atoms with van der Waals surface area (Å²) in [5.74, 6) is 0.559. The Bertz CT molecular complexity index is 1470. The quantitative estimate of drug-likeness (QED) is 0.308. The Morgan fingerprint density at radius 2 is 1.86 bits per heavy atom. The number of hydrogen-bond acceptors (Lipinski definition) is 6. The third kappa shape index (κ3) is 4.14. The molecule has 1 unspecified atom stereocenters. The first-order valence-corrected chi connectivity index (χ1v) is 12.4. The van der Waals surface area contributed by atoms with E-state index in [0.29, 0.717) is 34.7 Å². The molecule has 1 saturated heterocycles. The van der Waals surface area contributed by atoms with E-state index in [9.17, 15) is 8.78 Å². The second-order valence-electron chi connectivity index (χ2n) is 9.46. The molecule has 2 aliphatic rings. The molecule has 6 rings (SSSR count). The zero-order valence-electron chi connectivity index (χ0n) is 19.4. The minimum absolute atomic E-state index is 0.00352. The number of fused-ring (bicyclic) bond motifs is 1. The SMILES string of the molecule is Cn1c(C2CC23CCN(c2nc(OCc4ccc(Cl)cc4F)ncc2F)CC3)nc2ccc(Cl)nc21. The summed E-state index contributed by atoms with van der Waals surface area (Å²) >= 11 is 11.9. The predicted molar refractivity (Wildman–Crippen MR) is 132 cm³/mol. The first kappa shape index (κ1) is 23.4. The molecule has 4 heterocycles. The van der Waals surface area contributed by atoms with Crippen LogP contribution in [0.2, 0.25) is 10.2 Å². The summed E-state index contributed by atoms with van der Waals surface area (Å²) < 4.78 is 36.3. The van der Waals surface area contributed by atoms with E-state index in [1.54, 1.807) is 12.1 Å². The summed E-state index contributed by atoms with van der Waals surface area (Å²) in [6.45, 7) is 1.23. The lowest BCUT2D eigenvalue weighted by atomic mass is 9.90. The van der Waals surface area contributed by atoms with Crippen molar-refractivity contribution in [3.8, 4) is 6.01 Å². The maximum absolute atomic E-state index is 14.7. The van der Waals surface area contributed by atoms with Crippen molar-refractivity contribution in [1.82, 2.24) is 24.5 Å². The zero-order chi connectivity index (χ0) is 25.0. The molecular formula is C25H22Cl2F2N6O. The molecule has 186 valence electrons. The van der Waals surface area contributed by atoms with Crippen molar-refractivity contribution in [2.45, 2.75) is 31.8 Å². The first-order valence-electron chi connectivity index (χ1n) is 11.7. The highest BCUT2D eigenvalue weighted by molar-refractivity contribution is 6.30. The number of aryl methyl sites for hydroxylation is 1. The van der Waals surface area contributed by atoms with Gasteiger partial charge in [-0.3, -0.25) is 0 Å². The van der Waals surface area contributed by atoms with Crippen molar-refractivity contribution < 1.29 is 13.5 Å². The lowest BCUT2D eigenvalue weighted by Crippen LogP contribution is -2.36. The van der Waals surface area contributed by atoms with Gasteiger partial charge in [-0.05, 0) is 48.9 Å². The van der Waals surface area contributed by atoms with Gasteiger partial charge in [0, 0.05) is 36.6 Å². The molecule has 1 aliphatic heterocycles. The summed E-state index contributed by atoms with van der Waals surface area (Å²) in [6.07, 6.45) is 3.92. The molecule has 1 aliphatic carbocycles. The zero-order valence-corrected chi connectivity index (χ0v) is 20.9. The number of pyridine rings is 1. The molecule has 3 aromatic heterocycles. The van der Waals surface area contributed by atoms with E-state index in [-0.39, 0.29) is 23.9 Å². The van der Waals surface area contributed by atoms with Crippen molar-refractivity contribution in [2.75, 3.05) is 18.0 Å². The van der Waals surface area contributed by atoms with Crippen molar-refractivity contribution in [1.29, 1.82) is 0 Å². The summed E-state index contributed by atoms with van der Waals surface area (Å²) in [7, 11) is 1.98. The van der Waals surface area contributed by atoms with Crippen LogP contribution in [-0.2, 0) is 13.7 Å². The maximum Gasteiger partial charge on any atom is 0.318 e. The van der Waals surface area contributed by atoms with Crippen molar-refractivity contribution >= 4 is 40.2 Å². The summed E-state index contributed by atoms with van der Waals surface area (Å²) in [4.78, 5) is 19.4. The van der Waals surface area contributed by atoms with E-state index in [2.05, 4.69) is 15.0 Å². The van der Waals surface area contributed by atoms with E-state index in [1.807, 2.05) is 22.6 Å². The lowest BCUT2D eigenvalue weighted by Gasteiger charge is -2.33. The van der Waals surface area contributed by atoms with Gasteiger partial charge in [0.25, 0.3) is 0 Å². The third-order valence-corrected chi connectivity index (χ3v) is 7.80. The van der Waals surface area contributed by atoms with Gasteiger partial charge < -0.3 is 14.2 Å². The second kappa shape index (κ2) is 8.81. The van der Waals surface area contributed by atoms with Crippen molar-refractivity contribution in [2.24, 2.45) is 12.5 Å². The van der Waals surface area contributed by atoms with Crippen LogP contribution in [-0.4, -0.2) is 37.6 Å². The van der Waals surface area contributed by atoms with Gasteiger partial charge in [0.05, 0.1) is 6.20 Å². The number of hydrogen-bond donors (Lipinski definition) is 0. The highest BCUT2D eigenvalue weighted by Gasteiger charge is 2.57. The fourth-order valence-electron chi connectivity index (χ4n) is 5.21. The number of ether oxygens (including phenoxy) is 1. The number of benzene rings is 1. The maximum atomic E-state index is 14.7. The summed E-state index contributed by atoms with van der Waals surface area (Å²) in [5.41, 5.74) is 2.08. The molecule has 0 amide bonds. The summed E-state index contributed by atoms with van der Waals surface area (Å²) in [5, 5.41) is 0.749. The van der Waals surface area contributed by atoms with Gasteiger partial charge in [0.2, 0.25) is 0 Å². The fraction of sp³-hybridized carbons (Fsp3) is 0.360. The van der Waals surface area contributed by atoms with Crippen LogP contribution in [0.15, 0.2) is 36.5 Å². The number of halogens is 4. The molecule has 7 nitrogen and oxygen atoms in total. The van der Waals surface area contributed by atoms with E-state index in [0.717, 1.165) is 42.4 Å². The molecule has 0 N–H and O–H groups in total. The minimum Gasteiger partial charge on any atom is -0.458 e. The summed E-state index contributed by atoms with van der Waals surface area (Å²) in [6, 6.07) is 7.97. The number of anilines is 1. The van der Waals surface area contributed by atoms with Gasteiger partial charge in [-0.25, -0.2) is 23.7 Å². The molecule has 36 heavy (non-hydrogen) atoms. The van der Waals surface area contributed by atoms with E-state index < -0.39 is 11.6 Å². The Hall–Kier alpha value is -3.04. The Morgan fingerprint density at radius 1 is 1.06 bits per heavy atom. The van der Waals surface area contributed by atoms with E-state index >= 15 is 0 Å². The van der Waals surface area contributed by atoms with Gasteiger partial charge in [0.15, 0.2) is 17.3 Å². The smallest absolute Gasteiger partial charge is 0.318 e. The molecular weight excluding hydrogens is 509 g/mol. The Morgan fingerprint density at radius 3 is 2.64 bits per heavy atom. The van der Waals surface area contributed by atoms with Crippen molar-refractivity contribution in [3.05, 3.63) is 69.7 Å². The Labute approximate surface area is 216 Å². The molecule has 2 fully saturated rings. The van der Waals surface area contributed by atoms with Crippen LogP contribution in [0.25, 0.3) is 11.2 Å². The molecule has 1 saturated carbocycles. The average molecular weight is 531 g/mol. The van der Waals surface area contributed by atoms with Crippen LogP contribution in [0.3, 0.4) is 0 Å². The van der Waals surface area contributed by atoms with Gasteiger partial charge in [-0.1, -0.05) is 29.3 Å². The van der Waals surface area contributed by atoms with Gasteiger partial charge in [-0.2, -0.15) is 4.98 Å². The van der Waals surface area contributed by atoms with Gasteiger partial charge in [0.1, 0.15) is 28.9 Å². The van der Waals surface area contributed by atoms with Crippen LogP contribution in [0.5, 0.6) is 6.01 Å². The van der Waals surface area contributed by atoms with E-state index in [4.69, 9.17) is 32.9 Å². The molecule has 11 heteroatoms. The van der Waals surface area contributed by atoms with Crippen molar-refractivity contribution in [3.63, 3.8) is 0 Å². The molecule has 1 atom stereocenters. The number of rotatable bonds is 5. The molecule has 0 bridgehead atoms. The first-order chi connectivity index (χ1) is 17.3. The number of imidazole rings is 1. The van der Waals surface area contributed by atoms with Crippen LogP contribution in [0.4, 0.5) is 14.6 Å². The van der Waals surface area contributed by atoms with Crippen LogP contribution in [0, 0.1) is 17.0 Å². The average Bonchev–Trinajstić information content (AvgIpc) is 3.45. The minimum atomic E-state index is -0.512. The molecule has 1 spiro atoms. The molecule has 1 aromatic carbocycles. The third-order valence-electron chi connectivity index (χ3n) is 7.35. The van der Waals surface area contributed by atoms with Gasteiger partial charge in [-0.15, -0.1) is 0 Å². The standard InChI is InChI=1S/C25H22Cl2F2N6O/c1-34-21(31-19-4-5-20(27)32-23(19)34)16-11-25(16)6-8-35(9-7-25)22-18(29)12-30-24(33-22)36-13-14-2-3-15(26)10-17(14)28/h2-5,10,12,16H,6-9,11,13H2,1H3.